The second-order valence-electron chi connectivity index (χ2n) is 4.69. The Bertz CT molecular complexity index is 705. The van der Waals surface area contributed by atoms with Gasteiger partial charge in [-0.05, 0) is 17.7 Å². The van der Waals surface area contributed by atoms with E-state index in [9.17, 15) is 9.59 Å². The summed E-state index contributed by atoms with van der Waals surface area (Å²) >= 11 is 2.39. The van der Waals surface area contributed by atoms with Crippen molar-refractivity contribution in [2.45, 2.75) is 16.8 Å². The van der Waals surface area contributed by atoms with Crippen molar-refractivity contribution in [3.05, 3.63) is 29.8 Å². The summed E-state index contributed by atoms with van der Waals surface area (Å²) in [6, 6.07) is 6.27. The third-order valence-corrected chi connectivity index (χ3v) is 4.87. The van der Waals surface area contributed by atoms with Crippen LogP contribution in [0, 0.1) is 0 Å². The first-order valence-corrected chi connectivity index (χ1v) is 8.65. The van der Waals surface area contributed by atoms with E-state index in [0.717, 1.165) is 0 Å². The van der Waals surface area contributed by atoms with Crippen molar-refractivity contribution in [3.8, 4) is 5.75 Å². The molecule has 0 bridgehead atoms. The fourth-order valence-corrected chi connectivity index (χ4v) is 3.35. The molecule has 0 saturated carbocycles. The smallest absolute Gasteiger partial charge is 0.305 e. The standard InChI is InChI=1S/C14H16N4O4S2/c1-22-9-4-2-8(3-5-9)10(6-12(20)21)16-11(19)7-23-14-18-17-13(15)24-14/h2-5,10H,6-7H2,1H3,(H2,15,17)(H,16,19)(H,20,21)/t10-/m1/s1. The Morgan fingerprint density at radius 2 is 2.08 bits per heavy atom. The van der Waals surface area contributed by atoms with Gasteiger partial charge < -0.3 is 20.9 Å². The van der Waals surface area contributed by atoms with E-state index in [1.807, 2.05) is 0 Å². The highest BCUT2D eigenvalue weighted by atomic mass is 32.2. The number of thioether (sulfide) groups is 1. The number of amides is 1. The summed E-state index contributed by atoms with van der Waals surface area (Å²) in [4.78, 5) is 23.1. The summed E-state index contributed by atoms with van der Waals surface area (Å²) in [5.74, 6) is -0.541. The van der Waals surface area contributed by atoms with Crippen LogP contribution >= 0.6 is 23.1 Å². The Morgan fingerprint density at radius 1 is 1.38 bits per heavy atom. The molecule has 1 aromatic heterocycles. The number of nitrogen functional groups attached to an aromatic ring is 1. The minimum absolute atomic E-state index is 0.0981. The van der Waals surface area contributed by atoms with E-state index < -0.39 is 12.0 Å². The van der Waals surface area contributed by atoms with E-state index in [1.165, 1.54) is 23.1 Å². The lowest BCUT2D eigenvalue weighted by molar-refractivity contribution is -0.137. The van der Waals surface area contributed by atoms with Gasteiger partial charge in [-0.1, -0.05) is 35.2 Å². The van der Waals surface area contributed by atoms with Crippen LogP contribution in [0.1, 0.15) is 18.0 Å². The predicted molar refractivity (Wildman–Crippen MR) is 91.2 cm³/mol. The number of carbonyl (C=O) groups excluding carboxylic acids is 1. The lowest BCUT2D eigenvalue weighted by atomic mass is 10.0. The zero-order valence-corrected chi connectivity index (χ0v) is 14.4. The second-order valence-corrected chi connectivity index (χ2v) is 6.92. The van der Waals surface area contributed by atoms with Crippen molar-refractivity contribution in [3.63, 3.8) is 0 Å². The molecule has 0 spiro atoms. The first-order chi connectivity index (χ1) is 11.5. The molecule has 0 radical (unpaired) electrons. The number of hydrogen-bond acceptors (Lipinski definition) is 8. The summed E-state index contributed by atoms with van der Waals surface area (Å²) in [5.41, 5.74) is 6.17. The van der Waals surface area contributed by atoms with Gasteiger partial charge in [-0.3, -0.25) is 9.59 Å². The highest BCUT2D eigenvalue weighted by Gasteiger charge is 2.18. The van der Waals surface area contributed by atoms with Crippen LogP contribution in [0.4, 0.5) is 5.13 Å². The number of hydrogen-bond donors (Lipinski definition) is 3. The molecule has 1 heterocycles. The number of anilines is 1. The number of aliphatic carboxylic acids is 1. The first kappa shape index (κ1) is 18.0. The highest BCUT2D eigenvalue weighted by molar-refractivity contribution is 8.01. The van der Waals surface area contributed by atoms with Crippen LogP contribution in [-0.4, -0.2) is 40.0 Å². The minimum Gasteiger partial charge on any atom is -0.497 e. The quantitative estimate of drug-likeness (QED) is 0.599. The highest BCUT2D eigenvalue weighted by Crippen LogP contribution is 2.24. The maximum absolute atomic E-state index is 12.1. The number of nitrogens with one attached hydrogen (secondary N) is 1. The molecule has 2 aromatic rings. The summed E-state index contributed by atoms with van der Waals surface area (Å²) in [6.45, 7) is 0. The first-order valence-electron chi connectivity index (χ1n) is 6.85. The molecule has 1 atom stereocenters. The molecule has 4 N–H and O–H groups in total. The Labute approximate surface area is 146 Å². The van der Waals surface area contributed by atoms with Crippen LogP contribution in [0.15, 0.2) is 28.6 Å². The molecule has 1 aromatic carbocycles. The topological polar surface area (TPSA) is 127 Å². The van der Waals surface area contributed by atoms with Crippen molar-refractivity contribution in [1.82, 2.24) is 15.5 Å². The summed E-state index contributed by atoms with van der Waals surface area (Å²) in [5, 5.41) is 19.6. The zero-order valence-electron chi connectivity index (χ0n) is 12.8. The van der Waals surface area contributed by atoms with Gasteiger partial charge in [0.05, 0.1) is 25.3 Å². The van der Waals surface area contributed by atoms with Crippen LogP contribution in [0.2, 0.25) is 0 Å². The summed E-state index contributed by atoms with van der Waals surface area (Å²) < 4.78 is 5.66. The zero-order chi connectivity index (χ0) is 17.5. The number of carbonyl (C=O) groups is 2. The normalized spacial score (nSPS) is 11.7. The van der Waals surface area contributed by atoms with Crippen molar-refractivity contribution in [2.75, 3.05) is 18.6 Å². The predicted octanol–water partition coefficient (Wildman–Crippen LogP) is 1.55. The molecule has 0 aliphatic carbocycles. The van der Waals surface area contributed by atoms with Gasteiger partial charge in [-0.2, -0.15) is 0 Å². The lowest BCUT2D eigenvalue weighted by Gasteiger charge is -2.17. The number of ether oxygens (including phenoxy) is 1. The van der Waals surface area contributed by atoms with Crippen LogP contribution in [0.5, 0.6) is 5.75 Å². The molecule has 24 heavy (non-hydrogen) atoms. The maximum atomic E-state index is 12.1. The number of rotatable bonds is 8. The van der Waals surface area contributed by atoms with Crippen molar-refractivity contribution in [1.29, 1.82) is 0 Å². The van der Waals surface area contributed by atoms with Gasteiger partial charge in [0, 0.05) is 0 Å². The Balaban J connectivity index is 1.98. The van der Waals surface area contributed by atoms with Gasteiger partial charge in [-0.15, -0.1) is 10.2 Å². The summed E-state index contributed by atoms with van der Waals surface area (Å²) in [7, 11) is 1.54. The molecule has 1 amide bonds. The number of methoxy groups -OCH3 is 1. The fraction of sp³-hybridized carbons (Fsp3) is 0.286. The molecular weight excluding hydrogens is 352 g/mol. The van der Waals surface area contributed by atoms with E-state index in [1.54, 1.807) is 31.4 Å². The largest absolute Gasteiger partial charge is 0.497 e. The average Bonchev–Trinajstić information content (AvgIpc) is 2.97. The average molecular weight is 368 g/mol. The SMILES string of the molecule is COc1ccc([C@@H](CC(=O)O)NC(=O)CSc2nnc(N)s2)cc1. The van der Waals surface area contributed by atoms with Crippen LogP contribution in [0.25, 0.3) is 0 Å². The molecule has 10 heteroatoms. The monoisotopic (exact) mass is 368 g/mol. The number of carboxylic acids is 1. The van der Waals surface area contributed by atoms with E-state index in [0.29, 0.717) is 20.8 Å². The van der Waals surface area contributed by atoms with Gasteiger partial charge in [0.1, 0.15) is 5.75 Å². The second kappa shape index (κ2) is 8.50. The minimum atomic E-state index is -0.999. The van der Waals surface area contributed by atoms with E-state index >= 15 is 0 Å². The van der Waals surface area contributed by atoms with Gasteiger partial charge in [0.2, 0.25) is 11.0 Å². The number of aromatic nitrogens is 2. The summed E-state index contributed by atoms with van der Waals surface area (Å²) in [6.07, 6.45) is -0.214. The molecule has 0 saturated heterocycles. The van der Waals surface area contributed by atoms with Crippen LogP contribution in [0.3, 0.4) is 0 Å². The molecule has 2 rings (SSSR count). The van der Waals surface area contributed by atoms with Gasteiger partial charge >= 0.3 is 5.97 Å². The Hall–Kier alpha value is -2.33. The van der Waals surface area contributed by atoms with Crippen LogP contribution in [-0.2, 0) is 9.59 Å². The van der Waals surface area contributed by atoms with Crippen molar-refractivity contribution < 1.29 is 19.4 Å². The molecule has 128 valence electrons. The molecule has 0 aliphatic heterocycles. The molecule has 0 fully saturated rings. The molecule has 0 aliphatic rings. The van der Waals surface area contributed by atoms with E-state index in [-0.39, 0.29) is 18.1 Å². The fourth-order valence-electron chi connectivity index (χ4n) is 1.91. The number of nitrogens with two attached hydrogens (primary N) is 1. The lowest BCUT2D eigenvalue weighted by Crippen LogP contribution is -2.31. The van der Waals surface area contributed by atoms with E-state index in [2.05, 4.69) is 15.5 Å². The number of carboxylic acid groups (broad SMARTS) is 1. The van der Waals surface area contributed by atoms with Crippen LogP contribution < -0.4 is 15.8 Å². The van der Waals surface area contributed by atoms with Gasteiger partial charge in [0.25, 0.3) is 0 Å². The number of benzene rings is 1. The third-order valence-electron chi connectivity index (χ3n) is 2.98. The van der Waals surface area contributed by atoms with Gasteiger partial charge in [0.15, 0.2) is 4.34 Å². The number of nitrogens with zero attached hydrogens (tertiary/aromatic N) is 2. The van der Waals surface area contributed by atoms with Gasteiger partial charge in [-0.25, -0.2) is 0 Å². The third kappa shape index (κ3) is 5.39. The maximum Gasteiger partial charge on any atom is 0.305 e. The molecule has 0 unspecified atom stereocenters. The Morgan fingerprint density at radius 3 is 2.62 bits per heavy atom. The molecule has 8 nitrogen and oxygen atoms in total. The van der Waals surface area contributed by atoms with Crippen molar-refractivity contribution >= 4 is 40.1 Å². The van der Waals surface area contributed by atoms with Crippen molar-refractivity contribution in [2.24, 2.45) is 0 Å². The molecular formula is C14H16N4O4S2. The van der Waals surface area contributed by atoms with E-state index in [4.69, 9.17) is 15.6 Å². The Kier molecular flexibility index (Phi) is 6.38.